The topological polar surface area (TPSA) is 85.0 Å². The van der Waals surface area contributed by atoms with Crippen LogP contribution < -0.4 is 10.6 Å². The summed E-state index contributed by atoms with van der Waals surface area (Å²) in [5.41, 5.74) is 3.34. The highest BCUT2D eigenvalue weighted by Gasteiger charge is 2.42. The van der Waals surface area contributed by atoms with Crippen LogP contribution in [0.25, 0.3) is 0 Å². The predicted octanol–water partition coefficient (Wildman–Crippen LogP) is 3.58. The van der Waals surface area contributed by atoms with E-state index in [1.54, 1.807) is 4.90 Å². The van der Waals surface area contributed by atoms with Crippen molar-refractivity contribution in [3.8, 4) is 0 Å². The lowest BCUT2D eigenvalue weighted by atomic mass is 9.61. The van der Waals surface area contributed by atoms with Crippen LogP contribution in [-0.2, 0) is 22.6 Å². The number of carbonyl (C=O) groups is 3. The van der Waals surface area contributed by atoms with E-state index >= 15 is 0 Å². The number of carbonyl (C=O) groups excluding carboxylic acids is 3. The third-order valence-electron chi connectivity index (χ3n) is 11.2. The fraction of sp³-hybridized carbons (Fsp3) is 0.735. The average Bonchev–Trinajstić information content (AvgIpc) is 3.13. The van der Waals surface area contributed by atoms with E-state index in [0.29, 0.717) is 24.1 Å². The van der Waals surface area contributed by atoms with Gasteiger partial charge in [0, 0.05) is 56.8 Å². The van der Waals surface area contributed by atoms with Gasteiger partial charge in [-0.3, -0.25) is 19.7 Å². The molecule has 8 nitrogen and oxygen atoms in total. The molecule has 2 saturated carbocycles. The van der Waals surface area contributed by atoms with E-state index < -0.39 is 6.04 Å². The van der Waals surface area contributed by atoms with Crippen LogP contribution in [0.1, 0.15) is 93.1 Å². The number of hydrogen-bond acceptors (Lipinski definition) is 6. The van der Waals surface area contributed by atoms with Gasteiger partial charge in [-0.1, -0.05) is 26.0 Å². The lowest BCUT2D eigenvalue weighted by molar-refractivity contribution is -0.136. The van der Waals surface area contributed by atoms with Crippen LogP contribution in [0.5, 0.6) is 0 Å². The summed E-state index contributed by atoms with van der Waals surface area (Å²) in [6.07, 6.45) is 11.1. The zero-order chi connectivity index (χ0) is 29.3. The highest BCUT2D eigenvalue weighted by Crippen LogP contribution is 2.47. The molecule has 0 aromatic heterocycles. The Kier molecular flexibility index (Phi) is 9.04. The Morgan fingerprint density at radius 3 is 2.43 bits per heavy atom. The van der Waals surface area contributed by atoms with Gasteiger partial charge >= 0.3 is 0 Å². The lowest BCUT2D eigenvalue weighted by Gasteiger charge is -2.49. The number of fused-ring (bicyclic) bond motifs is 3. The molecule has 3 amide bonds. The van der Waals surface area contributed by atoms with Crippen molar-refractivity contribution in [3.63, 3.8) is 0 Å². The van der Waals surface area contributed by atoms with Gasteiger partial charge in [0.1, 0.15) is 6.04 Å². The number of nitrogens with one attached hydrogen (secondary N) is 2. The molecular formula is C34H51N5O3. The summed E-state index contributed by atoms with van der Waals surface area (Å²) < 4.78 is 0. The molecule has 42 heavy (non-hydrogen) atoms. The molecule has 2 N–H and O–H groups in total. The highest BCUT2D eigenvalue weighted by molar-refractivity contribution is 6.05. The maximum absolute atomic E-state index is 13.2. The monoisotopic (exact) mass is 577 g/mol. The first-order chi connectivity index (χ1) is 20.3. The van der Waals surface area contributed by atoms with Gasteiger partial charge in [0.05, 0.1) is 0 Å². The summed E-state index contributed by atoms with van der Waals surface area (Å²) in [5, 5.41) is 6.49. The van der Waals surface area contributed by atoms with Crippen LogP contribution >= 0.6 is 0 Å². The average molecular weight is 578 g/mol. The molecular weight excluding hydrogens is 526 g/mol. The van der Waals surface area contributed by atoms with Crippen LogP contribution in [0.3, 0.4) is 0 Å². The molecule has 0 radical (unpaired) electrons. The highest BCUT2D eigenvalue weighted by atomic mass is 16.2. The molecule has 5 aliphatic rings. The van der Waals surface area contributed by atoms with E-state index in [9.17, 15) is 14.4 Å². The van der Waals surface area contributed by atoms with Crippen molar-refractivity contribution in [2.45, 2.75) is 96.2 Å². The van der Waals surface area contributed by atoms with Crippen LogP contribution in [0.4, 0.5) is 0 Å². The van der Waals surface area contributed by atoms with Crippen molar-refractivity contribution in [1.82, 2.24) is 25.3 Å². The normalized spacial score (nSPS) is 32.5. The minimum absolute atomic E-state index is 0.0868. The van der Waals surface area contributed by atoms with E-state index in [4.69, 9.17) is 0 Å². The van der Waals surface area contributed by atoms with Crippen molar-refractivity contribution in [3.05, 3.63) is 34.9 Å². The number of benzene rings is 1. The number of nitrogens with zero attached hydrogens (tertiary/aromatic N) is 3. The lowest BCUT2D eigenvalue weighted by Crippen LogP contribution is -2.53. The van der Waals surface area contributed by atoms with Crippen LogP contribution in [0, 0.1) is 17.8 Å². The molecule has 4 fully saturated rings. The molecule has 3 atom stereocenters. The van der Waals surface area contributed by atoms with Gasteiger partial charge in [-0.15, -0.1) is 0 Å². The Hall–Kier alpha value is -2.29. The summed E-state index contributed by atoms with van der Waals surface area (Å²) in [5.74, 6) is 2.09. The summed E-state index contributed by atoms with van der Waals surface area (Å²) in [4.78, 5) is 44.2. The first-order valence-electron chi connectivity index (χ1n) is 16.8. The quantitative estimate of drug-likeness (QED) is 0.437. The van der Waals surface area contributed by atoms with Crippen molar-refractivity contribution in [1.29, 1.82) is 0 Å². The standard InChI is InChI=1S/C34H51N5O3/c1-3-34(21-25-18-24(2)19-26(20-25)22-34)35-11-15-38-13-5-12-37(16-17-38)14-10-27-6-4-7-28-29(27)23-39(33(28)42)30-8-9-31(40)36-32(30)41/h4,6-7,24-26,30,35H,3,5,8-23H2,1-2H3,(H,36,40,41). The zero-order valence-electron chi connectivity index (χ0n) is 25.8. The van der Waals surface area contributed by atoms with E-state index in [-0.39, 0.29) is 24.1 Å². The number of imide groups is 1. The fourth-order valence-corrected chi connectivity index (χ4v) is 9.09. The molecule has 0 spiro atoms. The van der Waals surface area contributed by atoms with E-state index in [1.807, 2.05) is 12.1 Å². The minimum atomic E-state index is -0.560. The third kappa shape index (κ3) is 6.46. The number of piperidine rings is 1. The molecule has 3 unspecified atom stereocenters. The number of hydrogen-bond donors (Lipinski definition) is 2. The first kappa shape index (κ1) is 29.8. The van der Waals surface area contributed by atoms with Crippen molar-refractivity contribution >= 4 is 17.7 Å². The zero-order valence-corrected chi connectivity index (χ0v) is 25.8. The van der Waals surface area contributed by atoms with Crippen molar-refractivity contribution < 1.29 is 14.4 Å². The predicted molar refractivity (Wildman–Crippen MR) is 164 cm³/mol. The molecule has 6 rings (SSSR count). The molecule has 1 aromatic rings. The summed E-state index contributed by atoms with van der Waals surface area (Å²) >= 11 is 0. The maximum atomic E-state index is 13.2. The molecule has 2 bridgehead atoms. The van der Waals surface area contributed by atoms with E-state index in [0.717, 1.165) is 75.6 Å². The van der Waals surface area contributed by atoms with Crippen molar-refractivity contribution in [2.75, 3.05) is 45.8 Å². The number of amides is 3. The first-order valence-corrected chi connectivity index (χ1v) is 16.8. The van der Waals surface area contributed by atoms with Gasteiger partial charge in [0.15, 0.2) is 0 Å². The second-order valence-electron chi connectivity index (χ2n) is 14.1. The van der Waals surface area contributed by atoms with Crippen LogP contribution in [-0.4, -0.2) is 89.8 Å². The van der Waals surface area contributed by atoms with Gasteiger partial charge in [-0.2, -0.15) is 0 Å². The van der Waals surface area contributed by atoms with E-state index in [2.05, 4.69) is 40.3 Å². The van der Waals surface area contributed by atoms with Gasteiger partial charge in [-0.05, 0) is 106 Å². The molecule has 3 heterocycles. The van der Waals surface area contributed by atoms with Crippen molar-refractivity contribution in [2.24, 2.45) is 17.8 Å². The Bertz CT molecular complexity index is 1150. The molecule has 2 saturated heterocycles. The molecule has 2 aliphatic carbocycles. The molecule has 8 heteroatoms. The van der Waals surface area contributed by atoms with Gasteiger partial charge in [-0.25, -0.2) is 0 Å². The van der Waals surface area contributed by atoms with Gasteiger partial charge < -0.3 is 20.0 Å². The van der Waals surface area contributed by atoms with Crippen LogP contribution in [0.2, 0.25) is 0 Å². The fourth-order valence-electron chi connectivity index (χ4n) is 9.09. The Balaban J connectivity index is 0.975. The molecule has 1 aromatic carbocycles. The summed E-state index contributed by atoms with van der Waals surface area (Å²) in [7, 11) is 0. The molecule has 3 aliphatic heterocycles. The summed E-state index contributed by atoms with van der Waals surface area (Å²) in [6, 6.07) is 5.43. The Morgan fingerprint density at radius 2 is 1.71 bits per heavy atom. The summed E-state index contributed by atoms with van der Waals surface area (Å²) in [6.45, 7) is 13.0. The van der Waals surface area contributed by atoms with Gasteiger partial charge in [0.25, 0.3) is 5.91 Å². The third-order valence-corrected chi connectivity index (χ3v) is 11.2. The van der Waals surface area contributed by atoms with Gasteiger partial charge in [0.2, 0.25) is 11.8 Å². The maximum Gasteiger partial charge on any atom is 0.255 e. The second-order valence-corrected chi connectivity index (χ2v) is 14.1. The Labute approximate surface area is 251 Å². The second kappa shape index (κ2) is 12.7. The SMILES string of the molecule is CCC1(NCCN2CCCN(CCc3cccc4c3CN(C3CCC(=O)NC3=O)C4=O)CC2)CC2CC(C)CC(C2)C1. The van der Waals surface area contributed by atoms with E-state index in [1.165, 1.54) is 50.5 Å². The molecule has 230 valence electrons. The Morgan fingerprint density at radius 1 is 0.976 bits per heavy atom. The minimum Gasteiger partial charge on any atom is -0.322 e. The smallest absolute Gasteiger partial charge is 0.255 e. The number of rotatable bonds is 9. The van der Waals surface area contributed by atoms with Crippen LogP contribution in [0.15, 0.2) is 18.2 Å². The largest absolute Gasteiger partial charge is 0.322 e.